The van der Waals surface area contributed by atoms with Crippen LogP contribution in [0, 0.1) is 6.92 Å². The third-order valence-electron chi connectivity index (χ3n) is 4.99. The van der Waals surface area contributed by atoms with Crippen LogP contribution in [0.25, 0.3) is 21.8 Å². The van der Waals surface area contributed by atoms with Gasteiger partial charge in [0.25, 0.3) is 5.56 Å². The minimum Gasteiger partial charge on any atom is -0.457 e. The summed E-state index contributed by atoms with van der Waals surface area (Å²) in [5, 5.41) is 1.36. The fourth-order valence-electron chi connectivity index (χ4n) is 3.58. The number of rotatable bonds is 7. The fraction of sp³-hybridized carbons (Fsp3) is 0.217. The number of aromatic nitrogens is 3. The van der Waals surface area contributed by atoms with Gasteiger partial charge in [0.15, 0.2) is 6.61 Å². The summed E-state index contributed by atoms with van der Waals surface area (Å²) in [7, 11) is 0. The minimum absolute atomic E-state index is 0.136. The van der Waals surface area contributed by atoms with Crippen molar-refractivity contribution >= 4 is 33.6 Å². The van der Waals surface area contributed by atoms with E-state index in [-0.39, 0.29) is 24.4 Å². The Hall–Kier alpha value is -3.74. The summed E-state index contributed by atoms with van der Waals surface area (Å²) in [5.74, 6) is -0.167. The summed E-state index contributed by atoms with van der Waals surface area (Å²) in [6.45, 7) is 1.53. The molecule has 2 heterocycles. The first-order chi connectivity index (χ1) is 14.5. The average molecular weight is 403 g/mol. The molecular formula is C23H21N3O4. The van der Waals surface area contributed by atoms with Crippen LogP contribution in [0.5, 0.6) is 0 Å². The van der Waals surface area contributed by atoms with E-state index in [1.54, 1.807) is 18.2 Å². The first-order valence-electron chi connectivity index (χ1n) is 9.77. The van der Waals surface area contributed by atoms with Gasteiger partial charge in [0.05, 0.1) is 10.9 Å². The van der Waals surface area contributed by atoms with Gasteiger partial charge in [-0.15, -0.1) is 0 Å². The lowest BCUT2D eigenvalue weighted by atomic mass is 10.1. The molecule has 0 saturated heterocycles. The molecule has 0 radical (unpaired) electrons. The highest BCUT2D eigenvalue weighted by Crippen LogP contribution is 2.22. The van der Waals surface area contributed by atoms with Gasteiger partial charge in [0, 0.05) is 35.0 Å². The van der Waals surface area contributed by atoms with Crippen molar-refractivity contribution in [2.24, 2.45) is 0 Å². The first-order valence-corrected chi connectivity index (χ1v) is 9.77. The molecule has 0 aliphatic carbocycles. The minimum atomic E-state index is -0.455. The molecule has 0 spiro atoms. The highest BCUT2D eigenvalue weighted by atomic mass is 16.5. The molecule has 0 saturated carbocycles. The molecule has 0 amide bonds. The molecule has 4 aromatic rings. The Kier molecular flexibility index (Phi) is 5.43. The van der Waals surface area contributed by atoms with E-state index < -0.39 is 5.97 Å². The van der Waals surface area contributed by atoms with Gasteiger partial charge in [0.2, 0.25) is 5.78 Å². The van der Waals surface area contributed by atoms with Crippen molar-refractivity contribution in [2.75, 3.05) is 6.61 Å². The number of benzene rings is 2. The van der Waals surface area contributed by atoms with Crippen molar-refractivity contribution < 1.29 is 14.3 Å². The van der Waals surface area contributed by atoms with E-state index in [0.717, 1.165) is 16.6 Å². The molecule has 0 atom stereocenters. The maximum absolute atomic E-state index is 12.6. The molecular weight excluding hydrogens is 382 g/mol. The van der Waals surface area contributed by atoms with Crippen LogP contribution in [0.4, 0.5) is 0 Å². The van der Waals surface area contributed by atoms with Crippen molar-refractivity contribution in [2.45, 2.75) is 26.2 Å². The number of ketones is 1. The standard InChI is InChI=1S/C23H21N3O4/c1-14-22(15-7-2-4-9-17(15)24-14)19(27)13-30-21(28)12-6-11-20-25-18-10-5-3-8-16(18)23(29)26-20/h2-5,7-10,24H,6,11-13H2,1H3,(H,25,26,29). The predicted molar refractivity (Wildman–Crippen MR) is 114 cm³/mol. The number of Topliss-reactive ketones (excluding diaryl/α,β-unsaturated/α-hetero) is 1. The fourth-order valence-corrected chi connectivity index (χ4v) is 3.58. The van der Waals surface area contributed by atoms with E-state index >= 15 is 0 Å². The van der Waals surface area contributed by atoms with Crippen molar-refractivity contribution in [3.05, 3.63) is 76.0 Å². The molecule has 2 aromatic heterocycles. The summed E-state index contributed by atoms with van der Waals surface area (Å²) < 4.78 is 5.17. The van der Waals surface area contributed by atoms with Gasteiger partial charge in [-0.25, -0.2) is 4.98 Å². The van der Waals surface area contributed by atoms with E-state index in [4.69, 9.17) is 4.74 Å². The Morgan fingerprint density at radius 1 is 1.00 bits per heavy atom. The number of para-hydroxylation sites is 2. The molecule has 0 bridgehead atoms. The molecule has 2 N–H and O–H groups in total. The Balaban J connectivity index is 1.32. The van der Waals surface area contributed by atoms with Crippen LogP contribution in [0.1, 0.15) is 34.7 Å². The number of carbonyl (C=O) groups is 2. The lowest BCUT2D eigenvalue weighted by molar-refractivity contribution is -0.142. The van der Waals surface area contributed by atoms with Crippen LogP contribution in [0.3, 0.4) is 0 Å². The third kappa shape index (κ3) is 4.00. The lowest BCUT2D eigenvalue weighted by Gasteiger charge is -2.05. The zero-order valence-corrected chi connectivity index (χ0v) is 16.5. The number of hydrogen-bond donors (Lipinski definition) is 2. The van der Waals surface area contributed by atoms with Gasteiger partial charge in [0.1, 0.15) is 5.82 Å². The quantitative estimate of drug-likeness (QED) is 0.363. The normalized spacial score (nSPS) is 11.1. The van der Waals surface area contributed by atoms with Gasteiger partial charge >= 0.3 is 5.97 Å². The summed E-state index contributed by atoms with van der Waals surface area (Å²) in [6, 6.07) is 14.6. The van der Waals surface area contributed by atoms with E-state index in [0.29, 0.717) is 35.1 Å². The topological polar surface area (TPSA) is 105 Å². The van der Waals surface area contributed by atoms with Crippen molar-refractivity contribution in [3.63, 3.8) is 0 Å². The second-order valence-electron chi connectivity index (χ2n) is 7.14. The monoisotopic (exact) mass is 403 g/mol. The highest BCUT2D eigenvalue weighted by molar-refractivity contribution is 6.10. The molecule has 0 fully saturated rings. The molecule has 0 aliphatic heterocycles. The molecule has 7 nitrogen and oxygen atoms in total. The second kappa shape index (κ2) is 8.32. The zero-order valence-electron chi connectivity index (χ0n) is 16.5. The van der Waals surface area contributed by atoms with Crippen LogP contribution in [-0.4, -0.2) is 33.3 Å². The van der Waals surface area contributed by atoms with Crippen LogP contribution in [-0.2, 0) is 16.0 Å². The maximum Gasteiger partial charge on any atom is 0.306 e. The molecule has 7 heteroatoms. The van der Waals surface area contributed by atoms with Gasteiger partial charge in [-0.1, -0.05) is 30.3 Å². The molecule has 30 heavy (non-hydrogen) atoms. The summed E-state index contributed by atoms with van der Waals surface area (Å²) in [4.78, 5) is 47.0. The maximum atomic E-state index is 12.6. The van der Waals surface area contributed by atoms with E-state index in [2.05, 4.69) is 15.0 Å². The Morgan fingerprint density at radius 3 is 2.57 bits per heavy atom. The molecule has 0 unspecified atom stereocenters. The molecule has 152 valence electrons. The Morgan fingerprint density at radius 2 is 1.73 bits per heavy atom. The first kappa shape index (κ1) is 19.6. The van der Waals surface area contributed by atoms with Crippen molar-refractivity contribution in [1.82, 2.24) is 15.0 Å². The van der Waals surface area contributed by atoms with Crippen molar-refractivity contribution in [1.29, 1.82) is 0 Å². The summed E-state index contributed by atoms with van der Waals surface area (Å²) in [5.41, 5.74) is 2.61. The van der Waals surface area contributed by atoms with Gasteiger partial charge in [-0.05, 0) is 31.5 Å². The number of nitrogens with one attached hydrogen (secondary N) is 2. The number of ether oxygens (including phenoxy) is 1. The number of fused-ring (bicyclic) bond motifs is 2. The van der Waals surface area contributed by atoms with Crippen LogP contribution in [0.15, 0.2) is 53.3 Å². The largest absolute Gasteiger partial charge is 0.457 e. The van der Waals surface area contributed by atoms with Gasteiger partial charge in [-0.2, -0.15) is 0 Å². The summed E-state index contributed by atoms with van der Waals surface area (Å²) >= 11 is 0. The zero-order chi connectivity index (χ0) is 21.1. The average Bonchev–Trinajstić information content (AvgIpc) is 3.08. The second-order valence-corrected chi connectivity index (χ2v) is 7.14. The number of esters is 1. The number of H-pyrrole nitrogens is 2. The molecule has 2 aromatic carbocycles. The van der Waals surface area contributed by atoms with Crippen LogP contribution in [0.2, 0.25) is 0 Å². The number of aryl methyl sites for hydroxylation is 2. The molecule has 0 aliphatic rings. The predicted octanol–water partition coefficient (Wildman–Crippen LogP) is 3.46. The van der Waals surface area contributed by atoms with Crippen molar-refractivity contribution in [3.8, 4) is 0 Å². The van der Waals surface area contributed by atoms with Gasteiger partial charge in [-0.3, -0.25) is 14.4 Å². The third-order valence-corrected chi connectivity index (χ3v) is 4.99. The smallest absolute Gasteiger partial charge is 0.306 e. The van der Waals surface area contributed by atoms with E-state index in [1.807, 2.05) is 37.3 Å². The van der Waals surface area contributed by atoms with Crippen LogP contribution < -0.4 is 5.56 Å². The number of aromatic amines is 2. The summed E-state index contributed by atoms with van der Waals surface area (Å²) in [6.07, 6.45) is 1.03. The highest BCUT2D eigenvalue weighted by Gasteiger charge is 2.17. The van der Waals surface area contributed by atoms with Gasteiger partial charge < -0.3 is 14.7 Å². The number of carbonyl (C=O) groups excluding carboxylic acids is 2. The molecule has 4 rings (SSSR count). The number of nitrogens with zero attached hydrogens (tertiary/aromatic N) is 1. The lowest BCUT2D eigenvalue weighted by Crippen LogP contribution is -2.15. The van der Waals surface area contributed by atoms with Crippen LogP contribution >= 0.6 is 0 Å². The van der Waals surface area contributed by atoms with E-state index in [1.165, 1.54) is 0 Å². The Labute approximate surface area is 172 Å². The Bertz CT molecular complexity index is 1300. The number of hydrogen-bond acceptors (Lipinski definition) is 5. The SMILES string of the molecule is Cc1[nH]c2ccccc2c1C(=O)COC(=O)CCCc1nc2ccccc2c(=O)[nH]1. The van der Waals surface area contributed by atoms with E-state index in [9.17, 15) is 14.4 Å².